The van der Waals surface area contributed by atoms with Crippen molar-refractivity contribution in [1.29, 1.82) is 0 Å². The molecular weight excluding hydrogens is 222 g/mol. The van der Waals surface area contributed by atoms with Crippen LogP contribution < -0.4 is 0 Å². The summed E-state index contributed by atoms with van der Waals surface area (Å²) in [6.07, 6.45) is 0.164. The standard InChI is InChI=1S/C12H15NO4/c1-13(8-7-11(15)17-2)12(16)9-3-5-10(14)6-4-9/h3-6,14H,7-8H2,1-2H3. The number of carbonyl (C=O) groups is 2. The van der Waals surface area contributed by atoms with Gasteiger partial charge in [0, 0.05) is 19.2 Å². The van der Waals surface area contributed by atoms with Gasteiger partial charge in [-0.05, 0) is 24.3 Å². The van der Waals surface area contributed by atoms with Crippen molar-refractivity contribution in [2.75, 3.05) is 20.7 Å². The summed E-state index contributed by atoms with van der Waals surface area (Å²) in [7, 11) is 2.92. The first-order chi connectivity index (χ1) is 8.04. The van der Waals surface area contributed by atoms with E-state index < -0.39 is 0 Å². The van der Waals surface area contributed by atoms with Gasteiger partial charge >= 0.3 is 5.97 Å². The number of benzene rings is 1. The molecule has 0 aromatic heterocycles. The van der Waals surface area contributed by atoms with Crippen molar-refractivity contribution in [1.82, 2.24) is 4.90 Å². The van der Waals surface area contributed by atoms with Gasteiger partial charge < -0.3 is 14.7 Å². The van der Waals surface area contributed by atoms with E-state index in [-0.39, 0.29) is 24.0 Å². The zero-order valence-corrected chi connectivity index (χ0v) is 9.84. The lowest BCUT2D eigenvalue weighted by atomic mass is 10.2. The van der Waals surface area contributed by atoms with Crippen molar-refractivity contribution in [3.8, 4) is 5.75 Å². The summed E-state index contributed by atoms with van der Waals surface area (Å²) in [6, 6.07) is 5.96. The molecule has 0 radical (unpaired) electrons. The molecule has 1 amide bonds. The van der Waals surface area contributed by atoms with Gasteiger partial charge in [0.2, 0.25) is 0 Å². The molecule has 0 heterocycles. The molecule has 0 fully saturated rings. The third-order valence-corrected chi connectivity index (χ3v) is 2.34. The number of ether oxygens (including phenoxy) is 1. The number of hydrogen-bond donors (Lipinski definition) is 1. The van der Waals surface area contributed by atoms with Crippen molar-refractivity contribution >= 4 is 11.9 Å². The molecule has 5 heteroatoms. The minimum absolute atomic E-state index is 0.110. The Kier molecular flexibility index (Phi) is 4.51. The van der Waals surface area contributed by atoms with E-state index in [1.165, 1.54) is 36.3 Å². The fourth-order valence-electron chi connectivity index (χ4n) is 1.29. The highest BCUT2D eigenvalue weighted by atomic mass is 16.5. The average Bonchev–Trinajstić information content (AvgIpc) is 2.35. The Morgan fingerprint density at radius 1 is 1.29 bits per heavy atom. The van der Waals surface area contributed by atoms with Crippen molar-refractivity contribution in [2.24, 2.45) is 0 Å². The second kappa shape index (κ2) is 5.89. The lowest BCUT2D eigenvalue weighted by molar-refractivity contribution is -0.140. The Morgan fingerprint density at radius 3 is 2.41 bits per heavy atom. The highest BCUT2D eigenvalue weighted by Crippen LogP contribution is 2.11. The van der Waals surface area contributed by atoms with E-state index in [1.807, 2.05) is 0 Å². The Hall–Kier alpha value is -2.04. The molecule has 1 aromatic rings. The van der Waals surface area contributed by atoms with Crippen LogP contribution in [0.25, 0.3) is 0 Å². The number of aromatic hydroxyl groups is 1. The number of rotatable bonds is 4. The number of amides is 1. The van der Waals surface area contributed by atoms with Gasteiger partial charge in [-0.1, -0.05) is 0 Å². The second-order valence-corrected chi connectivity index (χ2v) is 3.60. The lowest BCUT2D eigenvalue weighted by Crippen LogP contribution is -2.29. The van der Waals surface area contributed by atoms with Gasteiger partial charge in [0.1, 0.15) is 5.75 Å². The van der Waals surface area contributed by atoms with E-state index in [9.17, 15) is 9.59 Å². The van der Waals surface area contributed by atoms with Crippen LogP contribution in [0, 0.1) is 0 Å². The van der Waals surface area contributed by atoms with Gasteiger partial charge in [-0.15, -0.1) is 0 Å². The van der Waals surface area contributed by atoms with Crippen LogP contribution in [0.3, 0.4) is 0 Å². The SMILES string of the molecule is COC(=O)CCN(C)C(=O)c1ccc(O)cc1. The van der Waals surface area contributed by atoms with Crippen molar-refractivity contribution in [3.63, 3.8) is 0 Å². The fraction of sp³-hybridized carbons (Fsp3) is 0.333. The first kappa shape index (κ1) is 13.0. The van der Waals surface area contributed by atoms with Crippen LogP contribution in [0.15, 0.2) is 24.3 Å². The quantitative estimate of drug-likeness (QED) is 0.794. The van der Waals surface area contributed by atoms with E-state index in [2.05, 4.69) is 4.74 Å². The maximum atomic E-state index is 11.8. The highest BCUT2D eigenvalue weighted by Gasteiger charge is 2.12. The summed E-state index contributed by atoms with van der Waals surface area (Å²) in [6.45, 7) is 0.298. The molecule has 17 heavy (non-hydrogen) atoms. The van der Waals surface area contributed by atoms with Crippen LogP contribution >= 0.6 is 0 Å². The first-order valence-electron chi connectivity index (χ1n) is 5.16. The Bertz CT molecular complexity index is 399. The van der Waals surface area contributed by atoms with E-state index in [1.54, 1.807) is 7.05 Å². The Labute approximate surface area is 99.6 Å². The third-order valence-electron chi connectivity index (χ3n) is 2.34. The minimum Gasteiger partial charge on any atom is -0.508 e. The summed E-state index contributed by atoms with van der Waals surface area (Å²) in [5.74, 6) is -0.442. The molecular formula is C12H15NO4. The highest BCUT2D eigenvalue weighted by molar-refractivity contribution is 5.94. The largest absolute Gasteiger partial charge is 0.508 e. The zero-order chi connectivity index (χ0) is 12.8. The monoisotopic (exact) mass is 237 g/mol. The average molecular weight is 237 g/mol. The molecule has 0 aliphatic heterocycles. The molecule has 92 valence electrons. The van der Waals surface area contributed by atoms with Crippen molar-refractivity contribution in [2.45, 2.75) is 6.42 Å². The Balaban J connectivity index is 2.57. The normalized spacial score (nSPS) is 9.76. The molecule has 1 aromatic carbocycles. The maximum absolute atomic E-state index is 11.8. The van der Waals surface area contributed by atoms with Gasteiger partial charge in [0.15, 0.2) is 0 Å². The predicted molar refractivity (Wildman–Crippen MR) is 61.7 cm³/mol. The summed E-state index contributed by atoms with van der Waals surface area (Å²) in [5, 5.41) is 9.10. The van der Waals surface area contributed by atoms with Crippen molar-refractivity contribution < 1.29 is 19.4 Å². The number of esters is 1. The summed E-state index contributed by atoms with van der Waals surface area (Å²) in [4.78, 5) is 24.2. The molecule has 0 spiro atoms. The molecule has 5 nitrogen and oxygen atoms in total. The topological polar surface area (TPSA) is 66.8 Å². The summed E-state index contributed by atoms with van der Waals surface area (Å²) >= 11 is 0. The number of hydrogen-bond acceptors (Lipinski definition) is 4. The molecule has 1 N–H and O–H groups in total. The van der Waals surface area contributed by atoms with E-state index in [0.29, 0.717) is 12.1 Å². The van der Waals surface area contributed by atoms with Crippen LogP contribution in [0.4, 0.5) is 0 Å². The number of methoxy groups -OCH3 is 1. The van der Waals surface area contributed by atoms with Gasteiger partial charge in [0.25, 0.3) is 5.91 Å². The van der Waals surface area contributed by atoms with Crippen LogP contribution in [0.1, 0.15) is 16.8 Å². The van der Waals surface area contributed by atoms with Crippen molar-refractivity contribution in [3.05, 3.63) is 29.8 Å². The van der Waals surface area contributed by atoms with E-state index >= 15 is 0 Å². The molecule has 0 atom stereocenters. The van der Waals surface area contributed by atoms with Crippen LogP contribution in [0.5, 0.6) is 5.75 Å². The third kappa shape index (κ3) is 3.79. The number of nitrogens with zero attached hydrogens (tertiary/aromatic N) is 1. The molecule has 0 saturated heterocycles. The number of phenolic OH excluding ortho intramolecular Hbond substituents is 1. The first-order valence-corrected chi connectivity index (χ1v) is 5.16. The summed E-state index contributed by atoms with van der Waals surface area (Å²) < 4.78 is 4.49. The van der Waals surface area contributed by atoms with Gasteiger partial charge in [-0.3, -0.25) is 9.59 Å². The zero-order valence-electron chi connectivity index (χ0n) is 9.84. The Morgan fingerprint density at radius 2 is 1.88 bits per heavy atom. The molecule has 1 rings (SSSR count). The molecule has 0 aliphatic rings. The van der Waals surface area contributed by atoms with Crippen LogP contribution in [-0.2, 0) is 9.53 Å². The minimum atomic E-state index is -0.352. The van der Waals surface area contributed by atoms with Gasteiger partial charge in [-0.25, -0.2) is 0 Å². The van der Waals surface area contributed by atoms with Gasteiger partial charge in [0.05, 0.1) is 13.5 Å². The lowest BCUT2D eigenvalue weighted by Gasteiger charge is -2.16. The van der Waals surface area contributed by atoms with Crippen LogP contribution in [0.2, 0.25) is 0 Å². The molecule has 0 saturated carbocycles. The molecule has 0 unspecified atom stereocenters. The summed E-state index contributed by atoms with van der Waals surface area (Å²) in [5.41, 5.74) is 0.468. The van der Waals surface area contributed by atoms with E-state index in [4.69, 9.17) is 5.11 Å². The fourth-order valence-corrected chi connectivity index (χ4v) is 1.29. The smallest absolute Gasteiger partial charge is 0.307 e. The van der Waals surface area contributed by atoms with E-state index in [0.717, 1.165) is 0 Å². The number of carbonyl (C=O) groups excluding carboxylic acids is 2. The van der Waals surface area contributed by atoms with Gasteiger partial charge in [-0.2, -0.15) is 0 Å². The predicted octanol–water partition coefficient (Wildman–Crippen LogP) is 1.03. The number of phenols is 1. The maximum Gasteiger partial charge on any atom is 0.307 e. The molecule has 0 bridgehead atoms. The van der Waals surface area contributed by atoms with Crippen LogP contribution in [-0.4, -0.2) is 42.6 Å². The molecule has 0 aliphatic carbocycles. The second-order valence-electron chi connectivity index (χ2n) is 3.60.